The van der Waals surface area contributed by atoms with Crippen molar-refractivity contribution in [3.63, 3.8) is 0 Å². The fraction of sp³-hybridized carbons (Fsp3) is 0.323. The molecule has 0 unspecified atom stereocenters. The number of H-pyrrole nitrogens is 1. The first-order chi connectivity index (χ1) is 19.1. The molecule has 1 saturated heterocycles. The molecule has 2 aliphatic rings. The van der Waals surface area contributed by atoms with Crippen LogP contribution in [0.2, 0.25) is 0 Å². The summed E-state index contributed by atoms with van der Waals surface area (Å²) in [5, 5.41) is 1.11. The maximum atomic E-state index is 13.7. The van der Waals surface area contributed by atoms with E-state index in [1.54, 1.807) is 14.2 Å². The third-order valence-corrected chi connectivity index (χ3v) is 7.76. The van der Waals surface area contributed by atoms with Crippen LogP contribution >= 0.6 is 0 Å². The number of piperazine rings is 1. The van der Waals surface area contributed by atoms with Crippen molar-refractivity contribution in [2.75, 3.05) is 47.2 Å². The standard InChI is InChI=1S/C31H33N3O5/c1-36-22-8-9-24(29(16-22)37-2)25(26-18-32-27-6-4-3-5-23(26)27)17-31(35)34-13-11-33(12-14-34)19-21-7-10-28-30(15-21)39-20-38-28/h3-10,15-16,18,25,32H,11-14,17,19-20H2,1-2H3/t25-/m1/s1. The molecule has 8 nitrogen and oxygen atoms in total. The summed E-state index contributed by atoms with van der Waals surface area (Å²) in [4.78, 5) is 21.5. The summed E-state index contributed by atoms with van der Waals surface area (Å²) in [5.41, 5.74) is 4.29. The van der Waals surface area contributed by atoms with Gasteiger partial charge in [-0.1, -0.05) is 30.3 Å². The summed E-state index contributed by atoms with van der Waals surface area (Å²) in [6.07, 6.45) is 2.38. The zero-order valence-corrected chi connectivity index (χ0v) is 22.3. The number of aromatic nitrogens is 1. The fourth-order valence-electron chi connectivity index (χ4n) is 5.63. The Balaban J connectivity index is 1.19. The molecule has 1 aromatic heterocycles. The SMILES string of the molecule is COc1ccc([C@@H](CC(=O)N2CCN(Cc3ccc4c(c3)OCO4)CC2)c2c[nH]c3ccccc23)c(OC)c1. The Bertz CT molecular complexity index is 1470. The number of ether oxygens (including phenoxy) is 4. The molecular formula is C31H33N3O5. The van der Waals surface area contributed by atoms with Crippen LogP contribution in [0.15, 0.2) is 66.9 Å². The van der Waals surface area contributed by atoms with Crippen molar-refractivity contribution in [1.29, 1.82) is 0 Å². The van der Waals surface area contributed by atoms with Gasteiger partial charge in [0, 0.05) is 73.8 Å². The molecule has 1 N–H and O–H groups in total. The second-order valence-electron chi connectivity index (χ2n) is 10.00. The van der Waals surface area contributed by atoms with Crippen LogP contribution in [0.4, 0.5) is 0 Å². The van der Waals surface area contributed by atoms with Gasteiger partial charge in [-0.05, 0) is 35.4 Å². The lowest BCUT2D eigenvalue weighted by Crippen LogP contribution is -2.48. The molecular weight excluding hydrogens is 494 g/mol. The van der Waals surface area contributed by atoms with E-state index in [1.807, 2.05) is 53.6 Å². The van der Waals surface area contributed by atoms with E-state index in [2.05, 4.69) is 28.1 Å². The average molecular weight is 528 g/mol. The highest BCUT2D eigenvalue weighted by Crippen LogP contribution is 2.40. The first kappa shape index (κ1) is 25.1. The van der Waals surface area contributed by atoms with E-state index in [-0.39, 0.29) is 18.6 Å². The van der Waals surface area contributed by atoms with Crippen LogP contribution in [0.5, 0.6) is 23.0 Å². The molecule has 0 bridgehead atoms. The lowest BCUT2D eigenvalue weighted by Gasteiger charge is -2.35. The van der Waals surface area contributed by atoms with E-state index in [0.717, 1.165) is 58.9 Å². The highest BCUT2D eigenvalue weighted by Gasteiger charge is 2.29. The van der Waals surface area contributed by atoms with Crippen LogP contribution in [0.3, 0.4) is 0 Å². The summed E-state index contributed by atoms with van der Waals surface area (Å²) in [7, 11) is 3.30. The van der Waals surface area contributed by atoms with Crippen molar-refractivity contribution in [3.8, 4) is 23.0 Å². The smallest absolute Gasteiger partial charge is 0.231 e. The zero-order chi connectivity index (χ0) is 26.8. The maximum Gasteiger partial charge on any atom is 0.231 e. The van der Waals surface area contributed by atoms with Gasteiger partial charge in [0.1, 0.15) is 11.5 Å². The molecule has 0 spiro atoms. The van der Waals surface area contributed by atoms with Crippen LogP contribution in [-0.4, -0.2) is 67.9 Å². The Hall–Kier alpha value is -4.17. The number of benzene rings is 3. The number of aromatic amines is 1. The van der Waals surface area contributed by atoms with Gasteiger partial charge in [-0.2, -0.15) is 0 Å². The van der Waals surface area contributed by atoms with Gasteiger partial charge < -0.3 is 28.8 Å². The van der Waals surface area contributed by atoms with Crippen molar-refractivity contribution in [2.45, 2.75) is 18.9 Å². The number of hydrogen-bond donors (Lipinski definition) is 1. The van der Waals surface area contributed by atoms with Crippen molar-refractivity contribution in [2.24, 2.45) is 0 Å². The number of fused-ring (bicyclic) bond motifs is 2. The lowest BCUT2D eigenvalue weighted by atomic mass is 9.87. The number of nitrogens with one attached hydrogen (secondary N) is 1. The quantitative estimate of drug-likeness (QED) is 0.356. The predicted molar refractivity (Wildman–Crippen MR) is 149 cm³/mol. The zero-order valence-electron chi connectivity index (χ0n) is 22.3. The number of nitrogens with zero attached hydrogens (tertiary/aromatic N) is 2. The summed E-state index contributed by atoms with van der Waals surface area (Å²) in [6, 6.07) is 20.1. The molecule has 1 amide bonds. The topological polar surface area (TPSA) is 76.3 Å². The van der Waals surface area contributed by atoms with Crippen LogP contribution in [-0.2, 0) is 11.3 Å². The molecule has 0 saturated carbocycles. The Morgan fingerprint density at radius 3 is 2.56 bits per heavy atom. The normalized spacial score (nSPS) is 15.9. The third-order valence-electron chi connectivity index (χ3n) is 7.76. The molecule has 8 heteroatoms. The van der Waals surface area contributed by atoms with Gasteiger partial charge in [0.25, 0.3) is 0 Å². The third kappa shape index (κ3) is 5.12. The largest absolute Gasteiger partial charge is 0.497 e. The number of methoxy groups -OCH3 is 2. The van der Waals surface area contributed by atoms with Gasteiger partial charge in [-0.3, -0.25) is 9.69 Å². The molecule has 3 aromatic carbocycles. The van der Waals surface area contributed by atoms with E-state index in [0.29, 0.717) is 25.3 Å². The maximum absolute atomic E-state index is 13.7. The van der Waals surface area contributed by atoms with E-state index < -0.39 is 0 Å². The van der Waals surface area contributed by atoms with Crippen LogP contribution in [0.25, 0.3) is 10.9 Å². The summed E-state index contributed by atoms with van der Waals surface area (Å²) in [6.45, 7) is 4.14. The Morgan fingerprint density at radius 2 is 1.74 bits per heavy atom. The van der Waals surface area contributed by atoms with Gasteiger partial charge in [-0.25, -0.2) is 0 Å². The first-order valence-corrected chi connectivity index (χ1v) is 13.3. The van der Waals surface area contributed by atoms with Gasteiger partial charge >= 0.3 is 0 Å². The van der Waals surface area contributed by atoms with E-state index in [1.165, 1.54) is 5.56 Å². The number of amides is 1. The summed E-state index contributed by atoms with van der Waals surface area (Å²) < 4.78 is 22.1. The van der Waals surface area contributed by atoms with Crippen molar-refractivity contribution < 1.29 is 23.7 Å². The molecule has 202 valence electrons. The molecule has 1 atom stereocenters. The molecule has 4 aromatic rings. The minimum Gasteiger partial charge on any atom is -0.497 e. The molecule has 6 rings (SSSR count). The average Bonchev–Trinajstić information content (AvgIpc) is 3.63. The minimum absolute atomic E-state index is 0.144. The highest BCUT2D eigenvalue weighted by molar-refractivity contribution is 5.86. The van der Waals surface area contributed by atoms with Gasteiger partial charge in [-0.15, -0.1) is 0 Å². The van der Waals surface area contributed by atoms with Gasteiger partial charge in [0.05, 0.1) is 14.2 Å². The van der Waals surface area contributed by atoms with E-state index >= 15 is 0 Å². The molecule has 39 heavy (non-hydrogen) atoms. The van der Waals surface area contributed by atoms with Crippen molar-refractivity contribution in [3.05, 3.63) is 83.6 Å². The van der Waals surface area contributed by atoms with Crippen LogP contribution < -0.4 is 18.9 Å². The molecule has 3 heterocycles. The van der Waals surface area contributed by atoms with Crippen LogP contribution in [0, 0.1) is 0 Å². The number of hydrogen-bond acceptors (Lipinski definition) is 6. The monoisotopic (exact) mass is 527 g/mol. The summed E-state index contributed by atoms with van der Waals surface area (Å²) >= 11 is 0. The Labute approximate surface area is 228 Å². The molecule has 0 aliphatic carbocycles. The van der Waals surface area contributed by atoms with Crippen LogP contribution in [0.1, 0.15) is 29.0 Å². The fourth-order valence-corrected chi connectivity index (χ4v) is 5.63. The van der Waals surface area contributed by atoms with Gasteiger partial charge in [0.2, 0.25) is 12.7 Å². The number of carbonyl (C=O) groups is 1. The van der Waals surface area contributed by atoms with E-state index in [4.69, 9.17) is 18.9 Å². The lowest BCUT2D eigenvalue weighted by molar-refractivity contribution is -0.133. The Morgan fingerprint density at radius 1 is 0.923 bits per heavy atom. The first-order valence-electron chi connectivity index (χ1n) is 13.3. The number of para-hydroxylation sites is 1. The van der Waals surface area contributed by atoms with Crippen molar-refractivity contribution >= 4 is 16.8 Å². The van der Waals surface area contributed by atoms with E-state index in [9.17, 15) is 4.79 Å². The second-order valence-corrected chi connectivity index (χ2v) is 10.00. The number of rotatable bonds is 8. The number of carbonyl (C=O) groups excluding carboxylic acids is 1. The predicted octanol–water partition coefficient (Wildman–Crippen LogP) is 4.78. The van der Waals surface area contributed by atoms with Crippen molar-refractivity contribution in [1.82, 2.24) is 14.8 Å². The molecule has 2 aliphatic heterocycles. The summed E-state index contributed by atoms with van der Waals surface area (Å²) in [5.74, 6) is 3.02. The molecule has 1 fully saturated rings. The second kappa shape index (κ2) is 10.9. The molecule has 0 radical (unpaired) electrons. The highest BCUT2D eigenvalue weighted by atomic mass is 16.7. The van der Waals surface area contributed by atoms with Gasteiger partial charge in [0.15, 0.2) is 11.5 Å². The minimum atomic E-state index is -0.166. The Kier molecular flexibility index (Phi) is 7.02.